The van der Waals surface area contributed by atoms with Gasteiger partial charge >= 0.3 is 0 Å². The average Bonchev–Trinajstić information content (AvgIpc) is 2.97. The van der Waals surface area contributed by atoms with E-state index in [-0.39, 0.29) is 11.4 Å². The predicted molar refractivity (Wildman–Crippen MR) is 100 cm³/mol. The van der Waals surface area contributed by atoms with E-state index in [2.05, 4.69) is 15.4 Å². The van der Waals surface area contributed by atoms with E-state index in [1.54, 1.807) is 16.8 Å². The van der Waals surface area contributed by atoms with Crippen molar-refractivity contribution in [2.24, 2.45) is 0 Å². The number of hydrogen-bond acceptors (Lipinski definition) is 3. The third-order valence-corrected chi connectivity index (χ3v) is 4.28. The van der Waals surface area contributed by atoms with Crippen LogP contribution in [0.5, 0.6) is 0 Å². The number of rotatable bonds is 4. The maximum Gasteiger partial charge on any atom is 0.254 e. The topological polar surface area (TPSA) is 62.7 Å². The number of para-hydroxylation sites is 1. The van der Waals surface area contributed by atoms with Gasteiger partial charge in [0.2, 0.25) is 0 Å². The van der Waals surface area contributed by atoms with Crippen LogP contribution >= 0.6 is 0 Å². The van der Waals surface area contributed by atoms with Crippen LogP contribution < -0.4 is 10.9 Å². The number of H-pyrrole nitrogens is 1. The molecule has 2 aromatic carbocycles. The van der Waals surface area contributed by atoms with Crippen LogP contribution in [0.2, 0.25) is 0 Å². The highest BCUT2D eigenvalue weighted by Gasteiger charge is 2.12. The lowest BCUT2D eigenvalue weighted by Crippen LogP contribution is -2.16. The second-order valence-electron chi connectivity index (χ2n) is 6.08. The zero-order valence-electron chi connectivity index (χ0n) is 14.2. The molecule has 0 saturated carbocycles. The first-order valence-electron chi connectivity index (χ1n) is 8.28. The van der Waals surface area contributed by atoms with Gasteiger partial charge in [-0.25, -0.2) is 9.07 Å². The fraction of sp³-hybridized carbons (Fsp3) is 0.100. The molecule has 0 aliphatic heterocycles. The summed E-state index contributed by atoms with van der Waals surface area (Å²) in [6.45, 7) is 2.25. The van der Waals surface area contributed by atoms with Crippen molar-refractivity contribution in [2.75, 3.05) is 5.32 Å². The van der Waals surface area contributed by atoms with Gasteiger partial charge in [-0.3, -0.25) is 4.79 Å². The number of benzene rings is 2. The fourth-order valence-electron chi connectivity index (χ4n) is 2.91. The van der Waals surface area contributed by atoms with Crippen molar-refractivity contribution in [2.45, 2.75) is 13.5 Å². The summed E-state index contributed by atoms with van der Waals surface area (Å²) in [6, 6.07) is 17.6. The Morgan fingerprint density at radius 3 is 2.58 bits per heavy atom. The number of hydrogen-bond donors (Lipinski definition) is 2. The smallest absolute Gasteiger partial charge is 0.254 e. The minimum atomic E-state index is -0.293. The first kappa shape index (κ1) is 16.1. The molecule has 2 N–H and O–H groups in total. The van der Waals surface area contributed by atoms with E-state index in [9.17, 15) is 9.18 Å². The monoisotopic (exact) mass is 348 g/mol. The standard InChI is InChI=1S/C20H17FN4O/c1-13-18-11-14(12-22-16-9-7-15(21)8-10-16)20(26)23-19(18)25(24-13)17-5-3-2-4-6-17/h2-11,22H,12H2,1H3,(H,23,26). The summed E-state index contributed by atoms with van der Waals surface area (Å²) < 4.78 is 14.7. The van der Waals surface area contributed by atoms with Crippen LogP contribution in [-0.4, -0.2) is 14.8 Å². The minimum Gasteiger partial charge on any atom is -0.381 e. The van der Waals surface area contributed by atoms with Crippen LogP contribution in [0.3, 0.4) is 0 Å². The van der Waals surface area contributed by atoms with Gasteiger partial charge in [0, 0.05) is 23.2 Å². The molecule has 2 aromatic heterocycles. The highest BCUT2D eigenvalue weighted by atomic mass is 19.1. The van der Waals surface area contributed by atoms with E-state index in [0.717, 1.165) is 22.5 Å². The average molecular weight is 348 g/mol. The van der Waals surface area contributed by atoms with Crippen molar-refractivity contribution in [1.82, 2.24) is 14.8 Å². The van der Waals surface area contributed by atoms with Crippen molar-refractivity contribution >= 4 is 16.7 Å². The lowest BCUT2D eigenvalue weighted by Gasteiger charge is -2.07. The second kappa shape index (κ2) is 6.48. The van der Waals surface area contributed by atoms with Gasteiger partial charge in [-0.2, -0.15) is 5.10 Å². The van der Waals surface area contributed by atoms with Gasteiger partial charge in [0.25, 0.3) is 5.56 Å². The number of aromatic amines is 1. The number of nitrogens with one attached hydrogen (secondary N) is 2. The van der Waals surface area contributed by atoms with Crippen LogP contribution in [0.15, 0.2) is 65.5 Å². The molecular weight excluding hydrogens is 331 g/mol. The Labute approximate surface area is 149 Å². The third-order valence-electron chi connectivity index (χ3n) is 4.28. The Morgan fingerprint density at radius 2 is 1.85 bits per heavy atom. The molecule has 0 radical (unpaired) electrons. The van der Waals surface area contributed by atoms with Crippen molar-refractivity contribution < 1.29 is 4.39 Å². The molecule has 0 aliphatic rings. The summed E-state index contributed by atoms with van der Waals surface area (Å²) in [5.41, 5.74) is 3.56. The normalized spacial score (nSPS) is 11.0. The zero-order chi connectivity index (χ0) is 18.1. The summed E-state index contributed by atoms with van der Waals surface area (Å²) in [5.74, 6) is -0.293. The van der Waals surface area contributed by atoms with Crippen LogP contribution in [0.4, 0.5) is 10.1 Å². The zero-order valence-corrected chi connectivity index (χ0v) is 14.2. The van der Waals surface area contributed by atoms with E-state index in [0.29, 0.717) is 17.8 Å². The van der Waals surface area contributed by atoms with Crippen LogP contribution in [0, 0.1) is 12.7 Å². The van der Waals surface area contributed by atoms with Crippen molar-refractivity contribution in [3.05, 3.63) is 88.1 Å². The first-order chi connectivity index (χ1) is 12.6. The highest BCUT2D eigenvalue weighted by molar-refractivity contribution is 5.80. The maximum absolute atomic E-state index is 13.0. The van der Waals surface area contributed by atoms with Gasteiger partial charge in [-0.1, -0.05) is 18.2 Å². The first-order valence-corrected chi connectivity index (χ1v) is 8.28. The molecular formula is C20H17FN4O. The number of aromatic nitrogens is 3. The van der Waals surface area contributed by atoms with E-state index in [1.807, 2.05) is 43.3 Å². The van der Waals surface area contributed by atoms with Gasteiger partial charge < -0.3 is 10.3 Å². The van der Waals surface area contributed by atoms with Crippen LogP contribution in [0.1, 0.15) is 11.3 Å². The van der Waals surface area contributed by atoms with Crippen LogP contribution in [-0.2, 0) is 6.54 Å². The van der Waals surface area contributed by atoms with Crippen molar-refractivity contribution in [3.8, 4) is 5.69 Å². The van der Waals surface area contributed by atoms with Gasteiger partial charge in [0.1, 0.15) is 11.5 Å². The summed E-state index contributed by atoms with van der Waals surface area (Å²) >= 11 is 0. The Kier molecular flexibility index (Phi) is 4.01. The Morgan fingerprint density at radius 1 is 1.12 bits per heavy atom. The Hall–Kier alpha value is -3.41. The second-order valence-corrected chi connectivity index (χ2v) is 6.08. The molecule has 130 valence electrons. The summed E-state index contributed by atoms with van der Waals surface area (Å²) in [6.07, 6.45) is 0. The number of nitrogens with zero attached hydrogens (tertiary/aromatic N) is 2. The number of pyridine rings is 1. The molecule has 2 heterocycles. The lowest BCUT2D eigenvalue weighted by molar-refractivity contribution is 0.628. The molecule has 4 aromatic rings. The predicted octanol–water partition coefficient (Wildman–Crippen LogP) is 3.77. The highest BCUT2D eigenvalue weighted by Crippen LogP contribution is 2.20. The molecule has 0 spiro atoms. The minimum absolute atomic E-state index is 0.177. The molecule has 0 aliphatic carbocycles. The fourth-order valence-corrected chi connectivity index (χ4v) is 2.91. The van der Waals surface area contributed by atoms with E-state index < -0.39 is 0 Å². The van der Waals surface area contributed by atoms with Gasteiger partial charge in [0.05, 0.1) is 11.4 Å². The van der Waals surface area contributed by atoms with Crippen LogP contribution in [0.25, 0.3) is 16.7 Å². The molecule has 6 heteroatoms. The molecule has 0 amide bonds. The van der Waals surface area contributed by atoms with Gasteiger partial charge in [-0.05, 0) is 49.4 Å². The molecule has 4 rings (SSSR count). The number of aryl methyl sites for hydroxylation is 1. The van der Waals surface area contributed by atoms with Gasteiger partial charge in [-0.15, -0.1) is 0 Å². The van der Waals surface area contributed by atoms with Crippen molar-refractivity contribution in [1.29, 1.82) is 0 Å². The largest absolute Gasteiger partial charge is 0.381 e. The number of halogens is 1. The molecule has 0 fully saturated rings. The molecule has 0 atom stereocenters. The van der Waals surface area contributed by atoms with Gasteiger partial charge in [0.15, 0.2) is 0 Å². The molecule has 0 bridgehead atoms. The number of fused-ring (bicyclic) bond motifs is 1. The third kappa shape index (κ3) is 2.97. The quantitative estimate of drug-likeness (QED) is 0.590. The molecule has 26 heavy (non-hydrogen) atoms. The van der Waals surface area contributed by atoms with Crippen molar-refractivity contribution in [3.63, 3.8) is 0 Å². The summed E-state index contributed by atoms with van der Waals surface area (Å²) in [5, 5.41) is 8.59. The van der Waals surface area contributed by atoms with E-state index in [1.165, 1.54) is 12.1 Å². The Bertz CT molecular complexity index is 1110. The molecule has 0 unspecified atom stereocenters. The maximum atomic E-state index is 13.0. The molecule has 0 saturated heterocycles. The lowest BCUT2D eigenvalue weighted by atomic mass is 10.2. The summed E-state index contributed by atoms with van der Waals surface area (Å²) in [7, 11) is 0. The SMILES string of the molecule is Cc1nn(-c2ccccc2)c2[nH]c(=O)c(CNc3ccc(F)cc3)cc12. The van der Waals surface area contributed by atoms with E-state index >= 15 is 0 Å². The summed E-state index contributed by atoms with van der Waals surface area (Å²) in [4.78, 5) is 15.4. The Balaban J connectivity index is 1.70. The van der Waals surface area contributed by atoms with E-state index in [4.69, 9.17) is 0 Å². The molecule has 5 nitrogen and oxygen atoms in total. The number of anilines is 1.